The van der Waals surface area contributed by atoms with Gasteiger partial charge in [0, 0.05) is 0 Å². The van der Waals surface area contributed by atoms with Crippen molar-refractivity contribution in [3.63, 3.8) is 0 Å². The molecule has 23 heavy (non-hydrogen) atoms. The number of ketones is 1. The Morgan fingerprint density at radius 1 is 0.826 bits per heavy atom. The highest BCUT2D eigenvalue weighted by molar-refractivity contribution is 7.12. The number of hydrogen-bond acceptors (Lipinski definition) is 2. The largest absolute Gasteiger partial charge is 0.288 e. The van der Waals surface area contributed by atoms with Crippen LogP contribution in [0.1, 0.15) is 15.2 Å². The fourth-order valence-corrected chi connectivity index (χ4v) is 3.53. The summed E-state index contributed by atoms with van der Waals surface area (Å²) >= 11 is 1.47. The second kappa shape index (κ2) is 5.82. The maximum Gasteiger partial charge on any atom is 0.195 e. The molecule has 0 aliphatic heterocycles. The molecule has 0 unspecified atom stereocenters. The molecule has 4 aromatic rings. The fourth-order valence-electron chi connectivity index (χ4n) is 2.89. The van der Waals surface area contributed by atoms with Crippen molar-refractivity contribution in [1.29, 1.82) is 0 Å². The lowest BCUT2D eigenvalue weighted by Gasteiger charge is -2.08. The van der Waals surface area contributed by atoms with Crippen LogP contribution in [-0.2, 0) is 0 Å². The van der Waals surface area contributed by atoms with Crippen molar-refractivity contribution in [2.24, 2.45) is 0 Å². The highest BCUT2D eigenvalue weighted by atomic mass is 32.1. The summed E-state index contributed by atoms with van der Waals surface area (Å²) < 4.78 is 0. The number of carbonyl (C=O) groups excluding carboxylic acids is 1. The predicted molar refractivity (Wildman–Crippen MR) is 99.1 cm³/mol. The topological polar surface area (TPSA) is 17.1 Å². The minimum atomic E-state index is 0.0528. The summed E-state index contributed by atoms with van der Waals surface area (Å²) in [4.78, 5) is 13.0. The van der Waals surface area contributed by atoms with Crippen molar-refractivity contribution in [3.8, 4) is 0 Å². The molecule has 2 heteroatoms. The molecule has 0 radical (unpaired) electrons. The molecule has 1 heterocycles. The Morgan fingerprint density at radius 2 is 1.48 bits per heavy atom. The van der Waals surface area contributed by atoms with E-state index in [2.05, 4.69) is 30.3 Å². The van der Waals surface area contributed by atoms with E-state index < -0.39 is 0 Å². The summed E-state index contributed by atoms with van der Waals surface area (Å²) in [6.45, 7) is 0. The average Bonchev–Trinajstić information content (AvgIpc) is 3.13. The SMILES string of the molecule is O=C(C=Cc1c2ccccc2cc2ccccc12)c1cccs1. The second-order valence-corrected chi connectivity index (χ2v) is 6.36. The average molecular weight is 314 g/mol. The van der Waals surface area contributed by atoms with Gasteiger partial charge in [-0.2, -0.15) is 0 Å². The van der Waals surface area contributed by atoms with Gasteiger partial charge in [0.15, 0.2) is 5.78 Å². The highest BCUT2D eigenvalue weighted by Gasteiger charge is 2.06. The van der Waals surface area contributed by atoms with Gasteiger partial charge < -0.3 is 0 Å². The number of carbonyl (C=O) groups is 1. The minimum Gasteiger partial charge on any atom is -0.288 e. The van der Waals surface area contributed by atoms with Gasteiger partial charge in [-0.1, -0.05) is 54.6 Å². The molecule has 0 spiro atoms. The van der Waals surface area contributed by atoms with Crippen LogP contribution in [0.15, 0.2) is 78.2 Å². The molecule has 110 valence electrons. The van der Waals surface area contributed by atoms with Crippen molar-refractivity contribution in [2.75, 3.05) is 0 Å². The first-order chi connectivity index (χ1) is 11.3. The summed E-state index contributed by atoms with van der Waals surface area (Å²) in [5, 5.41) is 6.64. The summed E-state index contributed by atoms with van der Waals surface area (Å²) in [6.07, 6.45) is 3.63. The number of thiophene rings is 1. The van der Waals surface area contributed by atoms with Gasteiger partial charge in [-0.15, -0.1) is 11.3 Å². The molecule has 0 saturated carbocycles. The number of hydrogen-bond donors (Lipinski definition) is 0. The van der Waals surface area contributed by atoms with Crippen LogP contribution in [0.2, 0.25) is 0 Å². The Kier molecular flexibility index (Phi) is 3.52. The molecule has 1 nitrogen and oxygen atoms in total. The van der Waals surface area contributed by atoms with Crippen molar-refractivity contribution in [2.45, 2.75) is 0 Å². The third-order valence-electron chi connectivity index (χ3n) is 3.98. The molecule has 0 amide bonds. The summed E-state index contributed by atoms with van der Waals surface area (Å²) in [7, 11) is 0. The van der Waals surface area contributed by atoms with Gasteiger partial charge >= 0.3 is 0 Å². The van der Waals surface area contributed by atoms with Crippen LogP contribution >= 0.6 is 11.3 Å². The lowest BCUT2D eigenvalue weighted by atomic mass is 9.96. The van der Waals surface area contributed by atoms with Crippen molar-refractivity contribution < 1.29 is 4.79 Å². The van der Waals surface area contributed by atoms with Gasteiger partial charge in [0.25, 0.3) is 0 Å². The predicted octanol–water partition coefficient (Wildman–Crippen LogP) is 5.95. The van der Waals surface area contributed by atoms with Crippen LogP contribution in [0.25, 0.3) is 27.6 Å². The van der Waals surface area contributed by atoms with Crippen LogP contribution < -0.4 is 0 Å². The van der Waals surface area contributed by atoms with E-state index in [4.69, 9.17) is 0 Å². The van der Waals surface area contributed by atoms with Crippen LogP contribution in [0.5, 0.6) is 0 Å². The molecule has 0 aliphatic rings. The van der Waals surface area contributed by atoms with Gasteiger partial charge in [-0.25, -0.2) is 0 Å². The Bertz CT molecular complexity index is 972. The zero-order chi connectivity index (χ0) is 15.6. The molecule has 0 fully saturated rings. The lowest BCUT2D eigenvalue weighted by Crippen LogP contribution is -1.90. The summed E-state index contributed by atoms with van der Waals surface area (Å²) in [5.74, 6) is 0.0528. The zero-order valence-electron chi connectivity index (χ0n) is 12.4. The van der Waals surface area contributed by atoms with Crippen molar-refractivity contribution in [1.82, 2.24) is 0 Å². The first-order valence-electron chi connectivity index (χ1n) is 7.49. The van der Waals surface area contributed by atoms with E-state index in [0.29, 0.717) is 0 Å². The Hall–Kier alpha value is -2.71. The first-order valence-corrected chi connectivity index (χ1v) is 8.37. The van der Waals surface area contributed by atoms with Gasteiger partial charge in [-0.05, 0) is 56.8 Å². The Balaban J connectivity index is 1.91. The normalized spacial score (nSPS) is 11.5. The van der Waals surface area contributed by atoms with Gasteiger partial charge in [0.1, 0.15) is 0 Å². The molecule has 0 bridgehead atoms. The Morgan fingerprint density at radius 3 is 2.09 bits per heavy atom. The molecule has 1 aromatic heterocycles. The third-order valence-corrected chi connectivity index (χ3v) is 4.86. The van der Waals surface area contributed by atoms with Gasteiger partial charge in [0.2, 0.25) is 0 Å². The number of allylic oxidation sites excluding steroid dienone is 1. The van der Waals surface area contributed by atoms with E-state index >= 15 is 0 Å². The lowest BCUT2D eigenvalue weighted by molar-refractivity contribution is 0.105. The molecule has 0 N–H and O–H groups in total. The van der Waals surface area contributed by atoms with Gasteiger partial charge in [0.05, 0.1) is 4.88 Å². The molecule has 0 aliphatic carbocycles. The standard InChI is InChI=1S/C21H14OS/c22-20(21-10-5-13-23-21)12-11-19-17-8-3-1-6-15(17)14-16-7-2-4-9-18(16)19/h1-14H. The number of benzene rings is 3. The Labute approximate surface area is 138 Å². The number of rotatable bonds is 3. The minimum absolute atomic E-state index is 0.0528. The smallest absolute Gasteiger partial charge is 0.195 e. The van der Waals surface area contributed by atoms with E-state index in [0.717, 1.165) is 10.4 Å². The first kappa shape index (κ1) is 13.9. The fraction of sp³-hybridized carbons (Fsp3) is 0. The monoisotopic (exact) mass is 314 g/mol. The molecule has 0 saturated heterocycles. The van der Waals surface area contributed by atoms with E-state index in [1.54, 1.807) is 6.08 Å². The molecule has 3 aromatic carbocycles. The molecular weight excluding hydrogens is 300 g/mol. The van der Waals surface area contributed by atoms with E-state index in [9.17, 15) is 4.79 Å². The molecule has 4 rings (SSSR count). The van der Waals surface area contributed by atoms with Gasteiger partial charge in [-0.3, -0.25) is 4.79 Å². The summed E-state index contributed by atoms with van der Waals surface area (Å²) in [6, 6.07) is 22.6. The summed E-state index contributed by atoms with van der Waals surface area (Å²) in [5.41, 5.74) is 1.10. The van der Waals surface area contributed by atoms with E-state index in [-0.39, 0.29) is 5.78 Å². The van der Waals surface area contributed by atoms with E-state index in [1.807, 2.05) is 47.9 Å². The quantitative estimate of drug-likeness (QED) is 0.259. The second-order valence-electron chi connectivity index (χ2n) is 5.41. The number of fused-ring (bicyclic) bond motifs is 2. The van der Waals surface area contributed by atoms with Crippen LogP contribution in [0, 0.1) is 0 Å². The zero-order valence-corrected chi connectivity index (χ0v) is 13.2. The molecular formula is C21H14OS. The maximum absolute atomic E-state index is 12.3. The maximum atomic E-state index is 12.3. The van der Waals surface area contributed by atoms with Crippen LogP contribution in [-0.4, -0.2) is 5.78 Å². The molecule has 0 atom stereocenters. The van der Waals surface area contributed by atoms with Crippen molar-refractivity contribution in [3.05, 3.63) is 88.6 Å². The van der Waals surface area contributed by atoms with Crippen LogP contribution in [0.4, 0.5) is 0 Å². The van der Waals surface area contributed by atoms with Crippen LogP contribution in [0.3, 0.4) is 0 Å². The highest BCUT2D eigenvalue weighted by Crippen LogP contribution is 2.29. The van der Waals surface area contributed by atoms with E-state index in [1.165, 1.54) is 32.9 Å². The third kappa shape index (κ3) is 2.58. The van der Waals surface area contributed by atoms with Crippen molar-refractivity contribution >= 4 is 44.7 Å².